The minimum absolute atomic E-state index is 0.0844. The number of hydrogen-bond acceptors (Lipinski definition) is 5. The first-order valence-electron chi connectivity index (χ1n) is 10.9. The molecule has 7 nitrogen and oxygen atoms in total. The average molecular weight is 408 g/mol. The number of aromatic nitrogens is 2. The summed E-state index contributed by atoms with van der Waals surface area (Å²) < 4.78 is 0. The number of nitrogens with zero attached hydrogens (tertiary/aromatic N) is 5. The molecule has 30 heavy (non-hydrogen) atoms. The van der Waals surface area contributed by atoms with E-state index in [-0.39, 0.29) is 17.9 Å². The predicted molar refractivity (Wildman–Crippen MR) is 116 cm³/mol. The summed E-state index contributed by atoms with van der Waals surface area (Å²) in [7, 11) is 0. The van der Waals surface area contributed by atoms with Gasteiger partial charge in [-0.2, -0.15) is 0 Å². The quantitative estimate of drug-likeness (QED) is 0.779. The molecule has 1 aromatic heterocycles. The number of anilines is 1. The van der Waals surface area contributed by atoms with Gasteiger partial charge >= 0.3 is 0 Å². The first-order valence-corrected chi connectivity index (χ1v) is 10.9. The van der Waals surface area contributed by atoms with Crippen molar-refractivity contribution in [3.63, 3.8) is 0 Å². The number of hydrogen-bond donors (Lipinski definition) is 0. The Kier molecular flexibility index (Phi) is 6.26. The third kappa shape index (κ3) is 4.30. The molecule has 0 bridgehead atoms. The highest BCUT2D eigenvalue weighted by Gasteiger charge is 2.35. The normalized spacial score (nSPS) is 19.6. The van der Waals surface area contributed by atoms with Crippen LogP contribution in [0.2, 0.25) is 0 Å². The van der Waals surface area contributed by atoms with Crippen LogP contribution in [0.5, 0.6) is 0 Å². The summed E-state index contributed by atoms with van der Waals surface area (Å²) >= 11 is 0. The van der Waals surface area contributed by atoms with Crippen LogP contribution in [0, 0.1) is 0 Å². The molecule has 1 unspecified atom stereocenters. The Bertz CT molecular complexity index is 880. The van der Waals surface area contributed by atoms with Gasteiger partial charge in [0.05, 0.1) is 0 Å². The molecule has 2 aliphatic rings. The Balaban J connectivity index is 1.40. The van der Waals surface area contributed by atoms with Gasteiger partial charge in [0.1, 0.15) is 11.9 Å². The van der Waals surface area contributed by atoms with Crippen LogP contribution in [0.4, 0.5) is 5.82 Å². The van der Waals surface area contributed by atoms with E-state index in [0.717, 1.165) is 43.7 Å². The maximum atomic E-state index is 13.2. The van der Waals surface area contributed by atoms with E-state index in [0.29, 0.717) is 31.9 Å². The van der Waals surface area contributed by atoms with E-state index in [4.69, 9.17) is 4.98 Å². The standard InChI is InChI=1S/C23H29N5O2/c1-2-21(29)28-13-7-6-10-19(28)23(30)27-16-14-26(15-17-27)20-11-12-24-22(25-20)18-8-4-3-5-9-18/h3-5,8-9,11-12,19H,2,6-7,10,13-17H2,1H3. The number of piperidine rings is 1. The summed E-state index contributed by atoms with van der Waals surface area (Å²) in [6.07, 6.45) is 5.01. The smallest absolute Gasteiger partial charge is 0.245 e. The fourth-order valence-electron chi connectivity index (χ4n) is 4.31. The van der Waals surface area contributed by atoms with Crippen molar-refractivity contribution >= 4 is 17.6 Å². The van der Waals surface area contributed by atoms with Crippen molar-refractivity contribution in [1.29, 1.82) is 0 Å². The van der Waals surface area contributed by atoms with Gasteiger partial charge in [-0.15, -0.1) is 0 Å². The molecule has 0 aliphatic carbocycles. The third-order valence-electron chi connectivity index (χ3n) is 6.00. The van der Waals surface area contributed by atoms with E-state index in [1.165, 1.54) is 0 Å². The van der Waals surface area contributed by atoms with Crippen LogP contribution in [0.15, 0.2) is 42.6 Å². The van der Waals surface area contributed by atoms with E-state index < -0.39 is 0 Å². The fraction of sp³-hybridized carbons (Fsp3) is 0.478. The fourth-order valence-corrected chi connectivity index (χ4v) is 4.31. The zero-order chi connectivity index (χ0) is 20.9. The lowest BCUT2D eigenvalue weighted by Gasteiger charge is -2.41. The maximum Gasteiger partial charge on any atom is 0.245 e. The number of piperazine rings is 1. The van der Waals surface area contributed by atoms with Crippen LogP contribution in [-0.4, -0.2) is 70.3 Å². The molecule has 0 N–H and O–H groups in total. The Morgan fingerprint density at radius 1 is 1.00 bits per heavy atom. The summed E-state index contributed by atoms with van der Waals surface area (Å²) in [5.74, 6) is 1.78. The summed E-state index contributed by atoms with van der Waals surface area (Å²) in [4.78, 5) is 40.5. The van der Waals surface area contributed by atoms with Gasteiger partial charge in [0.25, 0.3) is 0 Å². The molecule has 158 valence electrons. The highest BCUT2D eigenvalue weighted by Crippen LogP contribution is 2.22. The van der Waals surface area contributed by atoms with Gasteiger partial charge < -0.3 is 14.7 Å². The highest BCUT2D eigenvalue weighted by atomic mass is 16.2. The van der Waals surface area contributed by atoms with Gasteiger partial charge in [-0.3, -0.25) is 9.59 Å². The van der Waals surface area contributed by atoms with E-state index in [1.807, 2.05) is 48.2 Å². The lowest BCUT2D eigenvalue weighted by molar-refractivity contribution is -0.147. The van der Waals surface area contributed by atoms with E-state index in [1.54, 1.807) is 11.1 Å². The molecule has 0 radical (unpaired) electrons. The van der Waals surface area contributed by atoms with Gasteiger partial charge in [0, 0.05) is 50.9 Å². The Hall–Kier alpha value is -2.96. The molecule has 1 atom stereocenters. The predicted octanol–water partition coefficient (Wildman–Crippen LogP) is 2.58. The van der Waals surface area contributed by atoms with Crippen LogP contribution in [0.1, 0.15) is 32.6 Å². The van der Waals surface area contributed by atoms with Gasteiger partial charge in [0.15, 0.2) is 5.82 Å². The summed E-state index contributed by atoms with van der Waals surface area (Å²) in [5, 5.41) is 0. The lowest BCUT2D eigenvalue weighted by Crippen LogP contribution is -2.57. The van der Waals surface area contributed by atoms with Crippen molar-refractivity contribution < 1.29 is 9.59 Å². The second-order valence-electron chi connectivity index (χ2n) is 7.87. The number of likely N-dealkylation sites (tertiary alicyclic amines) is 1. The van der Waals surface area contributed by atoms with E-state index in [2.05, 4.69) is 9.88 Å². The van der Waals surface area contributed by atoms with Crippen molar-refractivity contribution in [3.8, 4) is 11.4 Å². The number of carbonyl (C=O) groups is 2. The van der Waals surface area contributed by atoms with Crippen molar-refractivity contribution in [3.05, 3.63) is 42.6 Å². The van der Waals surface area contributed by atoms with Crippen LogP contribution in [0.3, 0.4) is 0 Å². The van der Waals surface area contributed by atoms with Gasteiger partial charge in [-0.25, -0.2) is 9.97 Å². The average Bonchev–Trinajstić information content (AvgIpc) is 2.84. The molecule has 1 aromatic carbocycles. The third-order valence-corrected chi connectivity index (χ3v) is 6.00. The summed E-state index contributed by atoms with van der Waals surface area (Å²) in [6.45, 7) is 5.31. The van der Waals surface area contributed by atoms with Crippen molar-refractivity contribution in [1.82, 2.24) is 19.8 Å². The summed E-state index contributed by atoms with van der Waals surface area (Å²) in [5.41, 5.74) is 0.992. The van der Waals surface area contributed by atoms with Crippen LogP contribution in [-0.2, 0) is 9.59 Å². The Labute approximate surface area is 177 Å². The monoisotopic (exact) mass is 407 g/mol. The minimum Gasteiger partial charge on any atom is -0.353 e. The zero-order valence-corrected chi connectivity index (χ0v) is 17.5. The van der Waals surface area contributed by atoms with Gasteiger partial charge in [-0.1, -0.05) is 37.3 Å². The maximum absolute atomic E-state index is 13.2. The largest absolute Gasteiger partial charge is 0.353 e. The minimum atomic E-state index is -0.290. The number of benzene rings is 1. The van der Waals surface area contributed by atoms with Gasteiger partial charge in [0.2, 0.25) is 11.8 Å². The van der Waals surface area contributed by atoms with Crippen LogP contribution >= 0.6 is 0 Å². The van der Waals surface area contributed by atoms with Crippen molar-refractivity contribution in [2.24, 2.45) is 0 Å². The number of carbonyl (C=O) groups excluding carboxylic acids is 2. The molecule has 0 spiro atoms. The highest BCUT2D eigenvalue weighted by molar-refractivity contribution is 5.88. The zero-order valence-electron chi connectivity index (χ0n) is 17.5. The molecule has 2 amide bonds. The molecular formula is C23H29N5O2. The topological polar surface area (TPSA) is 69.6 Å². The van der Waals surface area contributed by atoms with E-state index >= 15 is 0 Å². The Morgan fingerprint density at radius 3 is 2.50 bits per heavy atom. The number of amides is 2. The molecule has 2 fully saturated rings. The molecule has 2 aliphatic heterocycles. The molecule has 3 heterocycles. The second-order valence-corrected chi connectivity index (χ2v) is 7.87. The number of rotatable bonds is 4. The van der Waals surface area contributed by atoms with Crippen molar-refractivity contribution in [2.75, 3.05) is 37.6 Å². The van der Waals surface area contributed by atoms with Crippen molar-refractivity contribution in [2.45, 2.75) is 38.6 Å². The second kappa shape index (κ2) is 9.24. The molecule has 0 saturated carbocycles. The van der Waals surface area contributed by atoms with Gasteiger partial charge in [-0.05, 0) is 25.3 Å². The Morgan fingerprint density at radius 2 is 1.77 bits per heavy atom. The molecule has 4 rings (SSSR count). The molecular weight excluding hydrogens is 378 g/mol. The van der Waals surface area contributed by atoms with Crippen LogP contribution < -0.4 is 4.90 Å². The molecule has 2 saturated heterocycles. The summed E-state index contributed by atoms with van der Waals surface area (Å²) in [6, 6.07) is 11.6. The molecule has 2 aromatic rings. The SMILES string of the molecule is CCC(=O)N1CCCCC1C(=O)N1CCN(c2ccnc(-c3ccccc3)n2)CC1. The van der Waals surface area contributed by atoms with E-state index in [9.17, 15) is 9.59 Å². The first kappa shape index (κ1) is 20.3. The lowest BCUT2D eigenvalue weighted by atomic mass is 10.00. The first-order chi connectivity index (χ1) is 14.7. The molecule has 7 heteroatoms. The van der Waals surface area contributed by atoms with Crippen LogP contribution in [0.25, 0.3) is 11.4 Å².